The molecule has 1 aromatic heterocycles. The predicted molar refractivity (Wildman–Crippen MR) is 74.9 cm³/mol. The molecule has 0 saturated carbocycles. The first kappa shape index (κ1) is 14.0. The predicted octanol–water partition coefficient (Wildman–Crippen LogP) is 2.81. The van der Waals surface area contributed by atoms with Crippen LogP contribution in [0.4, 0.5) is 5.69 Å². The fourth-order valence-corrected chi connectivity index (χ4v) is 1.75. The molecule has 0 aliphatic rings. The van der Waals surface area contributed by atoms with E-state index in [0.29, 0.717) is 11.3 Å². The highest BCUT2D eigenvalue weighted by Gasteiger charge is 2.13. The molecule has 0 saturated heterocycles. The van der Waals surface area contributed by atoms with E-state index in [0.717, 1.165) is 12.1 Å². The standard InChI is InChI=1S/C14H15N3O3/c1-10-8-16-14(7-13(10)17(18)19)20-12-5-3-11(4-6-12)9-15-2/h3-8,15H,9H2,1-2H3. The maximum absolute atomic E-state index is 10.9. The maximum Gasteiger partial charge on any atom is 0.279 e. The Morgan fingerprint density at radius 1 is 1.35 bits per heavy atom. The van der Waals surface area contributed by atoms with Gasteiger partial charge in [-0.15, -0.1) is 0 Å². The molecule has 0 atom stereocenters. The van der Waals surface area contributed by atoms with Crippen molar-refractivity contribution in [1.29, 1.82) is 0 Å². The Morgan fingerprint density at radius 3 is 2.65 bits per heavy atom. The van der Waals surface area contributed by atoms with Crippen molar-refractivity contribution in [2.24, 2.45) is 0 Å². The summed E-state index contributed by atoms with van der Waals surface area (Å²) in [6.07, 6.45) is 1.43. The fraction of sp³-hybridized carbons (Fsp3) is 0.214. The average molecular weight is 273 g/mol. The summed E-state index contributed by atoms with van der Waals surface area (Å²) in [5.74, 6) is 0.805. The average Bonchev–Trinajstić information content (AvgIpc) is 2.43. The van der Waals surface area contributed by atoms with Crippen LogP contribution in [0.1, 0.15) is 11.1 Å². The monoisotopic (exact) mass is 273 g/mol. The number of aryl methyl sites for hydroxylation is 1. The van der Waals surface area contributed by atoms with Crippen LogP contribution in [-0.4, -0.2) is 17.0 Å². The molecule has 6 nitrogen and oxygen atoms in total. The largest absolute Gasteiger partial charge is 0.439 e. The number of rotatable bonds is 5. The minimum absolute atomic E-state index is 0.00167. The van der Waals surface area contributed by atoms with Crippen molar-refractivity contribution in [3.8, 4) is 11.6 Å². The van der Waals surface area contributed by atoms with Gasteiger partial charge >= 0.3 is 0 Å². The van der Waals surface area contributed by atoms with Gasteiger partial charge in [-0.05, 0) is 31.7 Å². The van der Waals surface area contributed by atoms with E-state index in [4.69, 9.17) is 4.74 Å². The number of nitrogens with zero attached hydrogens (tertiary/aromatic N) is 2. The Kier molecular flexibility index (Phi) is 4.27. The lowest BCUT2D eigenvalue weighted by atomic mass is 10.2. The number of ether oxygens (including phenoxy) is 1. The highest BCUT2D eigenvalue weighted by Crippen LogP contribution is 2.25. The van der Waals surface area contributed by atoms with Gasteiger partial charge in [0.1, 0.15) is 5.75 Å². The van der Waals surface area contributed by atoms with Crippen LogP contribution < -0.4 is 10.1 Å². The van der Waals surface area contributed by atoms with Gasteiger partial charge in [-0.2, -0.15) is 0 Å². The molecular weight excluding hydrogens is 258 g/mol. The molecule has 0 bridgehead atoms. The van der Waals surface area contributed by atoms with Crippen LogP contribution in [0.2, 0.25) is 0 Å². The molecule has 1 aromatic carbocycles. The van der Waals surface area contributed by atoms with Crippen molar-refractivity contribution >= 4 is 5.69 Å². The Hall–Kier alpha value is -2.47. The molecule has 1 N–H and O–H groups in total. The summed E-state index contributed by atoms with van der Waals surface area (Å²) in [6, 6.07) is 8.79. The Labute approximate surface area is 116 Å². The number of hydrogen-bond donors (Lipinski definition) is 1. The number of aromatic nitrogens is 1. The van der Waals surface area contributed by atoms with Crippen LogP contribution in [-0.2, 0) is 6.54 Å². The third kappa shape index (κ3) is 3.30. The van der Waals surface area contributed by atoms with E-state index >= 15 is 0 Å². The van der Waals surface area contributed by atoms with Gasteiger partial charge in [0, 0.05) is 18.3 Å². The topological polar surface area (TPSA) is 77.3 Å². The molecule has 104 valence electrons. The molecule has 2 aromatic rings. The van der Waals surface area contributed by atoms with Gasteiger partial charge in [-0.25, -0.2) is 4.98 Å². The summed E-state index contributed by atoms with van der Waals surface area (Å²) >= 11 is 0. The van der Waals surface area contributed by atoms with Crippen LogP contribution in [0.3, 0.4) is 0 Å². The van der Waals surface area contributed by atoms with Crippen molar-refractivity contribution in [2.75, 3.05) is 7.05 Å². The summed E-state index contributed by atoms with van der Waals surface area (Å²) in [5, 5.41) is 13.9. The van der Waals surface area contributed by atoms with E-state index < -0.39 is 4.92 Å². The summed E-state index contributed by atoms with van der Waals surface area (Å²) in [5.41, 5.74) is 1.64. The molecule has 0 amide bonds. The molecule has 0 aliphatic carbocycles. The van der Waals surface area contributed by atoms with Crippen LogP contribution in [0, 0.1) is 17.0 Å². The van der Waals surface area contributed by atoms with Crippen molar-refractivity contribution in [3.63, 3.8) is 0 Å². The summed E-state index contributed by atoms with van der Waals surface area (Å²) in [4.78, 5) is 14.5. The van der Waals surface area contributed by atoms with Crippen molar-refractivity contribution < 1.29 is 9.66 Å². The Bertz CT molecular complexity index is 612. The van der Waals surface area contributed by atoms with Gasteiger partial charge in [0.05, 0.1) is 11.0 Å². The van der Waals surface area contributed by atoms with Crippen LogP contribution in [0.25, 0.3) is 0 Å². The number of benzene rings is 1. The molecule has 0 radical (unpaired) electrons. The molecule has 0 spiro atoms. The van der Waals surface area contributed by atoms with E-state index in [-0.39, 0.29) is 11.6 Å². The molecule has 2 rings (SSSR count). The first-order valence-corrected chi connectivity index (χ1v) is 6.12. The maximum atomic E-state index is 10.9. The van der Waals surface area contributed by atoms with E-state index in [9.17, 15) is 10.1 Å². The number of hydrogen-bond acceptors (Lipinski definition) is 5. The highest BCUT2D eigenvalue weighted by molar-refractivity contribution is 5.42. The summed E-state index contributed by atoms with van der Waals surface area (Å²) in [7, 11) is 1.87. The van der Waals surface area contributed by atoms with Gasteiger partial charge in [0.2, 0.25) is 5.88 Å². The zero-order chi connectivity index (χ0) is 14.5. The smallest absolute Gasteiger partial charge is 0.279 e. The van der Waals surface area contributed by atoms with E-state index in [1.165, 1.54) is 12.3 Å². The lowest BCUT2D eigenvalue weighted by Crippen LogP contribution is -2.04. The molecule has 20 heavy (non-hydrogen) atoms. The SMILES string of the molecule is CNCc1ccc(Oc2cc([N+](=O)[O-])c(C)cn2)cc1. The zero-order valence-corrected chi connectivity index (χ0v) is 11.3. The molecule has 1 heterocycles. The first-order valence-electron chi connectivity index (χ1n) is 6.12. The van der Waals surface area contributed by atoms with Gasteiger partial charge in [-0.1, -0.05) is 12.1 Å². The first-order chi connectivity index (χ1) is 9.60. The Balaban J connectivity index is 2.17. The van der Waals surface area contributed by atoms with Gasteiger partial charge in [0.15, 0.2) is 0 Å². The molecular formula is C14H15N3O3. The molecule has 6 heteroatoms. The molecule has 0 fully saturated rings. The van der Waals surface area contributed by atoms with Gasteiger partial charge in [0.25, 0.3) is 5.69 Å². The van der Waals surface area contributed by atoms with Crippen LogP contribution in [0.15, 0.2) is 36.5 Å². The zero-order valence-electron chi connectivity index (χ0n) is 11.3. The second-order valence-electron chi connectivity index (χ2n) is 4.34. The van der Waals surface area contributed by atoms with E-state index in [2.05, 4.69) is 10.3 Å². The second-order valence-corrected chi connectivity index (χ2v) is 4.34. The fourth-order valence-electron chi connectivity index (χ4n) is 1.75. The summed E-state index contributed by atoms with van der Waals surface area (Å²) < 4.78 is 5.52. The molecule has 0 aliphatic heterocycles. The number of pyridine rings is 1. The minimum Gasteiger partial charge on any atom is -0.439 e. The van der Waals surface area contributed by atoms with Crippen molar-refractivity contribution in [3.05, 3.63) is 57.8 Å². The quantitative estimate of drug-likeness (QED) is 0.669. The van der Waals surface area contributed by atoms with E-state index in [1.54, 1.807) is 19.1 Å². The van der Waals surface area contributed by atoms with Gasteiger partial charge < -0.3 is 10.1 Å². The Morgan fingerprint density at radius 2 is 2.05 bits per heavy atom. The third-order valence-electron chi connectivity index (χ3n) is 2.77. The molecule has 0 unspecified atom stereocenters. The lowest BCUT2D eigenvalue weighted by Gasteiger charge is -2.06. The third-order valence-corrected chi connectivity index (χ3v) is 2.77. The summed E-state index contributed by atoms with van der Waals surface area (Å²) in [6.45, 7) is 2.41. The second kappa shape index (κ2) is 6.12. The normalized spacial score (nSPS) is 10.3. The van der Waals surface area contributed by atoms with Crippen molar-refractivity contribution in [2.45, 2.75) is 13.5 Å². The van der Waals surface area contributed by atoms with Gasteiger partial charge in [-0.3, -0.25) is 10.1 Å². The van der Waals surface area contributed by atoms with Crippen molar-refractivity contribution in [1.82, 2.24) is 10.3 Å². The highest BCUT2D eigenvalue weighted by atomic mass is 16.6. The van der Waals surface area contributed by atoms with Crippen LogP contribution in [0.5, 0.6) is 11.6 Å². The van der Waals surface area contributed by atoms with E-state index in [1.807, 2.05) is 19.2 Å². The lowest BCUT2D eigenvalue weighted by molar-refractivity contribution is -0.385. The van der Waals surface area contributed by atoms with Crippen LogP contribution >= 0.6 is 0 Å². The minimum atomic E-state index is -0.445. The number of nitro groups is 1. The number of nitrogens with one attached hydrogen (secondary N) is 1.